The summed E-state index contributed by atoms with van der Waals surface area (Å²) >= 11 is 0. The van der Waals surface area contributed by atoms with Crippen LogP contribution in [0.1, 0.15) is 48.2 Å². The second kappa shape index (κ2) is 8.54. The Bertz CT molecular complexity index is 1010. The van der Waals surface area contributed by atoms with Crippen molar-refractivity contribution < 1.29 is 14.3 Å². The standard InChI is InChI=1S/C25H30N4O3/c1-31-24(30)19-14-20(29-15-25(16-29)10-12-32-13-11-25)21(22(26)17-6-5-7-17)23(28-19)27-18-8-3-2-4-9-18/h2-4,8-9,14,17,26H,5-7,10-13,15-16H2,1H3,(H,27,28). The van der Waals surface area contributed by atoms with Gasteiger partial charge in [-0.3, -0.25) is 0 Å². The second-order valence-corrected chi connectivity index (χ2v) is 9.24. The molecule has 0 amide bonds. The third kappa shape index (κ3) is 3.86. The first kappa shape index (κ1) is 20.9. The number of pyridine rings is 1. The summed E-state index contributed by atoms with van der Waals surface area (Å²) < 4.78 is 10.6. The fraction of sp³-hybridized carbons (Fsp3) is 0.480. The molecule has 2 N–H and O–H groups in total. The van der Waals surface area contributed by atoms with Crippen molar-refractivity contribution in [3.8, 4) is 0 Å². The third-order valence-electron chi connectivity index (χ3n) is 7.16. The van der Waals surface area contributed by atoms with Crippen molar-refractivity contribution in [2.75, 3.05) is 43.6 Å². The molecule has 2 saturated heterocycles. The summed E-state index contributed by atoms with van der Waals surface area (Å²) in [7, 11) is 1.37. The zero-order chi connectivity index (χ0) is 22.1. The van der Waals surface area contributed by atoms with Gasteiger partial charge in [0.2, 0.25) is 0 Å². The Morgan fingerprint density at radius 2 is 1.94 bits per heavy atom. The number of methoxy groups -OCH3 is 1. The number of aromatic nitrogens is 1. The minimum atomic E-state index is -0.467. The molecule has 5 rings (SSSR count). The first-order chi connectivity index (χ1) is 15.6. The van der Waals surface area contributed by atoms with Crippen LogP contribution in [0.25, 0.3) is 0 Å². The van der Waals surface area contributed by atoms with Gasteiger partial charge in [0.1, 0.15) is 5.82 Å². The molecule has 1 spiro atoms. The Morgan fingerprint density at radius 3 is 2.56 bits per heavy atom. The second-order valence-electron chi connectivity index (χ2n) is 9.24. The number of rotatable bonds is 6. The molecule has 0 bridgehead atoms. The van der Waals surface area contributed by atoms with Crippen molar-refractivity contribution in [1.29, 1.82) is 5.41 Å². The van der Waals surface area contributed by atoms with Gasteiger partial charge in [-0.1, -0.05) is 24.6 Å². The SMILES string of the molecule is COC(=O)c1cc(N2CC3(CCOCC3)C2)c(C(=N)C2CCC2)c(Nc2ccccc2)n1. The zero-order valence-electron chi connectivity index (χ0n) is 18.5. The van der Waals surface area contributed by atoms with E-state index in [2.05, 4.69) is 15.2 Å². The van der Waals surface area contributed by atoms with Gasteiger partial charge in [-0.25, -0.2) is 9.78 Å². The molecule has 1 aromatic heterocycles. The molecule has 1 saturated carbocycles. The Kier molecular flexibility index (Phi) is 5.59. The minimum Gasteiger partial charge on any atom is -0.464 e. The molecule has 2 aromatic rings. The van der Waals surface area contributed by atoms with E-state index in [1.165, 1.54) is 7.11 Å². The number of para-hydroxylation sites is 1. The topological polar surface area (TPSA) is 87.5 Å². The Morgan fingerprint density at radius 1 is 1.22 bits per heavy atom. The first-order valence-electron chi connectivity index (χ1n) is 11.5. The minimum absolute atomic E-state index is 0.245. The molecule has 1 aromatic carbocycles. The Labute approximate surface area is 188 Å². The van der Waals surface area contributed by atoms with E-state index >= 15 is 0 Å². The lowest BCUT2D eigenvalue weighted by Crippen LogP contribution is -2.59. The monoisotopic (exact) mass is 434 g/mol. The van der Waals surface area contributed by atoms with Crippen LogP contribution in [-0.4, -0.2) is 50.1 Å². The Balaban J connectivity index is 1.56. The van der Waals surface area contributed by atoms with Crippen molar-refractivity contribution in [1.82, 2.24) is 4.98 Å². The maximum atomic E-state index is 12.5. The largest absolute Gasteiger partial charge is 0.464 e. The average Bonchev–Trinajstić information content (AvgIpc) is 2.76. The fourth-order valence-electron chi connectivity index (χ4n) is 4.96. The summed E-state index contributed by atoms with van der Waals surface area (Å²) in [6.45, 7) is 3.44. The predicted molar refractivity (Wildman–Crippen MR) is 124 cm³/mol. The highest BCUT2D eigenvalue weighted by Crippen LogP contribution is 2.45. The summed E-state index contributed by atoms with van der Waals surface area (Å²) in [4.78, 5) is 19.4. The van der Waals surface area contributed by atoms with E-state index in [4.69, 9.17) is 14.9 Å². The maximum absolute atomic E-state index is 12.5. The fourth-order valence-corrected chi connectivity index (χ4v) is 4.96. The molecule has 0 radical (unpaired) electrons. The van der Waals surface area contributed by atoms with Crippen LogP contribution in [0.2, 0.25) is 0 Å². The summed E-state index contributed by atoms with van der Waals surface area (Å²) in [5.74, 6) is 0.332. The van der Waals surface area contributed by atoms with Crippen LogP contribution in [0, 0.1) is 16.7 Å². The van der Waals surface area contributed by atoms with Gasteiger partial charge in [-0.2, -0.15) is 0 Å². The van der Waals surface area contributed by atoms with Crippen LogP contribution in [0.4, 0.5) is 17.2 Å². The quantitative estimate of drug-likeness (QED) is 0.518. The molecule has 2 aliphatic heterocycles. The number of anilines is 3. The molecule has 3 aliphatic rings. The van der Waals surface area contributed by atoms with Gasteiger partial charge in [-0.05, 0) is 43.9 Å². The van der Waals surface area contributed by atoms with Gasteiger partial charge < -0.3 is 25.1 Å². The predicted octanol–water partition coefficient (Wildman–Crippen LogP) is 4.40. The first-order valence-corrected chi connectivity index (χ1v) is 11.5. The van der Waals surface area contributed by atoms with Crippen LogP contribution in [0.3, 0.4) is 0 Å². The highest BCUT2D eigenvalue weighted by Gasteiger charge is 2.45. The molecule has 1 aliphatic carbocycles. The van der Waals surface area contributed by atoms with Crippen LogP contribution >= 0.6 is 0 Å². The van der Waals surface area contributed by atoms with Crippen LogP contribution in [0.15, 0.2) is 36.4 Å². The van der Waals surface area contributed by atoms with Crippen molar-refractivity contribution in [2.45, 2.75) is 32.1 Å². The zero-order valence-corrected chi connectivity index (χ0v) is 18.5. The number of nitrogens with one attached hydrogen (secondary N) is 2. The van der Waals surface area contributed by atoms with Gasteiger partial charge >= 0.3 is 5.97 Å². The molecule has 0 atom stereocenters. The highest BCUT2D eigenvalue weighted by atomic mass is 16.5. The molecular formula is C25H30N4O3. The number of hydrogen-bond donors (Lipinski definition) is 2. The number of benzene rings is 1. The van der Waals surface area contributed by atoms with Crippen LogP contribution < -0.4 is 10.2 Å². The molecule has 7 nitrogen and oxygen atoms in total. The number of carbonyl (C=O) groups is 1. The van der Waals surface area contributed by atoms with E-state index in [0.29, 0.717) is 11.5 Å². The molecule has 168 valence electrons. The smallest absolute Gasteiger partial charge is 0.356 e. The lowest BCUT2D eigenvalue weighted by molar-refractivity contribution is -0.000208. The van der Waals surface area contributed by atoms with Gasteiger partial charge in [0.15, 0.2) is 5.69 Å². The van der Waals surface area contributed by atoms with Gasteiger partial charge in [0, 0.05) is 49.0 Å². The lowest BCUT2D eigenvalue weighted by Gasteiger charge is -2.54. The molecule has 32 heavy (non-hydrogen) atoms. The van der Waals surface area contributed by atoms with Crippen molar-refractivity contribution in [3.63, 3.8) is 0 Å². The number of nitrogens with zero attached hydrogens (tertiary/aromatic N) is 2. The van der Waals surface area contributed by atoms with E-state index in [1.807, 2.05) is 36.4 Å². The summed E-state index contributed by atoms with van der Waals surface area (Å²) in [6, 6.07) is 11.6. The molecule has 3 fully saturated rings. The van der Waals surface area contributed by atoms with Gasteiger partial charge in [-0.15, -0.1) is 0 Å². The normalized spacial score (nSPS) is 19.7. The maximum Gasteiger partial charge on any atom is 0.356 e. The highest BCUT2D eigenvalue weighted by molar-refractivity contribution is 6.10. The number of carbonyl (C=O) groups excluding carboxylic acids is 1. The van der Waals surface area contributed by atoms with Gasteiger partial charge in [0.25, 0.3) is 0 Å². The van der Waals surface area contributed by atoms with E-state index in [0.717, 1.165) is 75.3 Å². The van der Waals surface area contributed by atoms with Crippen molar-refractivity contribution in [3.05, 3.63) is 47.7 Å². The average molecular weight is 435 g/mol. The molecule has 3 heterocycles. The van der Waals surface area contributed by atoms with E-state index in [-0.39, 0.29) is 17.0 Å². The van der Waals surface area contributed by atoms with Crippen molar-refractivity contribution in [2.24, 2.45) is 11.3 Å². The van der Waals surface area contributed by atoms with E-state index < -0.39 is 5.97 Å². The van der Waals surface area contributed by atoms with E-state index in [1.54, 1.807) is 0 Å². The summed E-state index contributed by atoms with van der Waals surface area (Å²) in [5, 5.41) is 12.4. The van der Waals surface area contributed by atoms with E-state index in [9.17, 15) is 4.79 Å². The Hall–Kier alpha value is -2.93. The molecule has 7 heteroatoms. The summed E-state index contributed by atoms with van der Waals surface area (Å²) in [5.41, 5.74) is 3.75. The third-order valence-corrected chi connectivity index (χ3v) is 7.16. The molecule has 0 unspecified atom stereocenters. The number of ether oxygens (including phenoxy) is 2. The number of hydrogen-bond acceptors (Lipinski definition) is 7. The van der Waals surface area contributed by atoms with Crippen LogP contribution in [-0.2, 0) is 9.47 Å². The number of esters is 1. The summed E-state index contributed by atoms with van der Waals surface area (Å²) in [6.07, 6.45) is 5.34. The van der Waals surface area contributed by atoms with Crippen LogP contribution in [0.5, 0.6) is 0 Å². The van der Waals surface area contributed by atoms with Crippen molar-refractivity contribution >= 4 is 28.9 Å². The lowest BCUT2D eigenvalue weighted by atomic mass is 9.72. The molecular weight excluding hydrogens is 404 g/mol. The van der Waals surface area contributed by atoms with Gasteiger partial charge in [0.05, 0.1) is 18.4 Å².